The van der Waals surface area contributed by atoms with Crippen LogP contribution in [0.25, 0.3) is 22.3 Å². The van der Waals surface area contributed by atoms with Gasteiger partial charge >= 0.3 is 0 Å². The lowest BCUT2D eigenvalue weighted by molar-refractivity contribution is 0.0608. The Kier molecular flexibility index (Phi) is 5.14. The highest BCUT2D eigenvalue weighted by Gasteiger charge is 2.32. The van der Waals surface area contributed by atoms with Crippen LogP contribution in [-0.2, 0) is 13.0 Å². The molecule has 172 valence electrons. The molecule has 0 saturated carbocycles. The maximum Gasteiger partial charge on any atom is 0.261 e. The van der Waals surface area contributed by atoms with Gasteiger partial charge in [0.1, 0.15) is 0 Å². The van der Waals surface area contributed by atoms with E-state index in [1.54, 1.807) is 23.0 Å². The van der Waals surface area contributed by atoms with Gasteiger partial charge in [-0.1, -0.05) is 65.0 Å². The van der Waals surface area contributed by atoms with E-state index in [0.717, 1.165) is 16.3 Å². The Morgan fingerprint density at radius 3 is 2.34 bits per heavy atom. The topological polar surface area (TPSA) is 107 Å². The molecule has 1 aliphatic heterocycles. The van der Waals surface area contributed by atoms with Crippen molar-refractivity contribution in [1.82, 2.24) is 30.0 Å². The number of imide groups is 1. The molecule has 3 heterocycles. The van der Waals surface area contributed by atoms with Crippen molar-refractivity contribution in [2.24, 2.45) is 0 Å². The normalized spacial score (nSPS) is 13.1. The fourth-order valence-electron chi connectivity index (χ4n) is 4.38. The standard InChI is InChI=1S/C26H20N6O3/c33-25-19-11-4-9-18-10-5-12-20(23(18)19)26(34)32(25)14-6-13-22-27-24(29-35-22)21-16-31(30-28-21)15-17-7-2-1-3-8-17/h1-5,7-12,16H,6,13-15H2. The van der Waals surface area contributed by atoms with Gasteiger partial charge in [-0.25, -0.2) is 4.68 Å². The van der Waals surface area contributed by atoms with Crippen LogP contribution < -0.4 is 0 Å². The van der Waals surface area contributed by atoms with Crippen LogP contribution in [0.3, 0.4) is 0 Å². The van der Waals surface area contributed by atoms with Gasteiger partial charge in [0.2, 0.25) is 11.7 Å². The molecule has 35 heavy (non-hydrogen) atoms. The number of hydrogen-bond donors (Lipinski definition) is 0. The number of aryl methyl sites for hydroxylation is 1. The van der Waals surface area contributed by atoms with Crippen LogP contribution in [0.2, 0.25) is 0 Å². The van der Waals surface area contributed by atoms with E-state index in [1.165, 1.54) is 4.90 Å². The second-order valence-corrected chi connectivity index (χ2v) is 8.37. The molecule has 0 aliphatic carbocycles. The van der Waals surface area contributed by atoms with Crippen LogP contribution in [0.4, 0.5) is 0 Å². The van der Waals surface area contributed by atoms with Gasteiger partial charge in [-0.05, 0) is 29.5 Å². The Morgan fingerprint density at radius 1 is 0.857 bits per heavy atom. The molecule has 0 radical (unpaired) electrons. The minimum absolute atomic E-state index is 0.257. The quantitative estimate of drug-likeness (QED) is 0.338. The first-order valence-corrected chi connectivity index (χ1v) is 11.3. The molecule has 3 aromatic carbocycles. The summed E-state index contributed by atoms with van der Waals surface area (Å²) < 4.78 is 7.08. The smallest absolute Gasteiger partial charge is 0.261 e. The number of hydrogen-bond acceptors (Lipinski definition) is 7. The van der Waals surface area contributed by atoms with Crippen LogP contribution in [0.1, 0.15) is 38.6 Å². The number of carbonyl (C=O) groups is 2. The maximum atomic E-state index is 13.0. The summed E-state index contributed by atoms with van der Waals surface area (Å²) in [7, 11) is 0. The van der Waals surface area contributed by atoms with Gasteiger partial charge in [0, 0.05) is 29.5 Å². The zero-order valence-electron chi connectivity index (χ0n) is 18.7. The zero-order valence-corrected chi connectivity index (χ0v) is 18.7. The molecule has 9 heteroatoms. The first-order valence-electron chi connectivity index (χ1n) is 11.3. The highest BCUT2D eigenvalue weighted by Crippen LogP contribution is 2.30. The fourth-order valence-corrected chi connectivity index (χ4v) is 4.38. The van der Waals surface area contributed by atoms with Crippen molar-refractivity contribution < 1.29 is 14.1 Å². The Hall–Kier alpha value is -4.66. The van der Waals surface area contributed by atoms with Crippen molar-refractivity contribution in [2.45, 2.75) is 19.4 Å². The minimum Gasteiger partial charge on any atom is -0.339 e. The summed E-state index contributed by atoms with van der Waals surface area (Å²) >= 11 is 0. The molecule has 2 aromatic heterocycles. The van der Waals surface area contributed by atoms with E-state index in [-0.39, 0.29) is 18.4 Å². The van der Waals surface area contributed by atoms with Crippen molar-refractivity contribution in [1.29, 1.82) is 0 Å². The maximum absolute atomic E-state index is 13.0. The van der Waals surface area contributed by atoms with E-state index in [1.807, 2.05) is 54.6 Å². The highest BCUT2D eigenvalue weighted by atomic mass is 16.5. The molecule has 6 rings (SSSR count). The molecule has 0 saturated heterocycles. The molecule has 0 bridgehead atoms. The molecule has 1 aliphatic rings. The summed E-state index contributed by atoms with van der Waals surface area (Å²) in [5.41, 5.74) is 2.73. The Labute approximate surface area is 200 Å². The second kappa shape index (κ2) is 8.60. The zero-order chi connectivity index (χ0) is 23.8. The highest BCUT2D eigenvalue weighted by molar-refractivity contribution is 6.25. The molecule has 9 nitrogen and oxygen atoms in total. The van der Waals surface area contributed by atoms with Crippen LogP contribution >= 0.6 is 0 Å². The SMILES string of the molecule is O=C1c2cccc3cccc(c23)C(=O)N1CCCc1nc(-c2cn(Cc3ccccc3)nn2)no1. The third kappa shape index (κ3) is 3.86. The van der Waals surface area contributed by atoms with Crippen molar-refractivity contribution in [3.8, 4) is 11.5 Å². The largest absolute Gasteiger partial charge is 0.339 e. The Balaban J connectivity index is 1.11. The first kappa shape index (κ1) is 20.9. The van der Waals surface area contributed by atoms with Crippen LogP contribution in [-0.4, -0.2) is 48.4 Å². The number of amides is 2. The number of rotatable bonds is 7. The lowest BCUT2D eigenvalue weighted by Crippen LogP contribution is -2.41. The van der Waals surface area contributed by atoms with E-state index >= 15 is 0 Å². The monoisotopic (exact) mass is 464 g/mol. The van der Waals surface area contributed by atoms with E-state index in [2.05, 4.69) is 20.5 Å². The predicted octanol–water partition coefficient (Wildman–Crippen LogP) is 3.76. The average molecular weight is 464 g/mol. The number of aromatic nitrogens is 5. The molecule has 0 spiro atoms. The lowest BCUT2D eigenvalue weighted by Gasteiger charge is -2.27. The molecular formula is C26H20N6O3. The third-order valence-electron chi connectivity index (χ3n) is 6.05. The van der Waals surface area contributed by atoms with Gasteiger partial charge in [0.05, 0.1) is 12.7 Å². The average Bonchev–Trinajstić information content (AvgIpc) is 3.55. The molecule has 0 fully saturated rings. The lowest BCUT2D eigenvalue weighted by atomic mass is 9.94. The van der Waals surface area contributed by atoms with Crippen LogP contribution in [0, 0.1) is 0 Å². The Bertz CT molecular complexity index is 1510. The molecule has 2 amide bonds. The van der Waals surface area contributed by atoms with Gasteiger partial charge in [-0.15, -0.1) is 5.10 Å². The van der Waals surface area contributed by atoms with E-state index in [9.17, 15) is 9.59 Å². The summed E-state index contributed by atoms with van der Waals surface area (Å²) in [6, 6.07) is 21.0. The minimum atomic E-state index is -0.277. The summed E-state index contributed by atoms with van der Waals surface area (Å²) in [6.07, 6.45) is 2.69. The predicted molar refractivity (Wildman–Crippen MR) is 126 cm³/mol. The van der Waals surface area contributed by atoms with E-state index in [0.29, 0.717) is 47.9 Å². The van der Waals surface area contributed by atoms with Crippen molar-refractivity contribution in [3.05, 3.63) is 95.5 Å². The van der Waals surface area contributed by atoms with Crippen molar-refractivity contribution >= 4 is 22.6 Å². The molecule has 0 N–H and O–H groups in total. The van der Waals surface area contributed by atoms with Gasteiger partial charge in [0.15, 0.2) is 5.69 Å². The third-order valence-corrected chi connectivity index (χ3v) is 6.05. The molecule has 0 unspecified atom stereocenters. The summed E-state index contributed by atoms with van der Waals surface area (Å²) in [5.74, 6) is 0.211. The van der Waals surface area contributed by atoms with Crippen molar-refractivity contribution in [3.63, 3.8) is 0 Å². The first-order chi connectivity index (χ1) is 17.2. The van der Waals surface area contributed by atoms with Crippen LogP contribution in [0.5, 0.6) is 0 Å². The summed E-state index contributed by atoms with van der Waals surface area (Å²) in [5, 5.41) is 13.9. The van der Waals surface area contributed by atoms with Gasteiger partial charge < -0.3 is 4.52 Å². The number of nitrogens with zero attached hydrogens (tertiary/aromatic N) is 6. The van der Waals surface area contributed by atoms with Gasteiger partial charge in [-0.2, -0.15) is 4.98 Å². The van der Waals surface area contributed by atoms with Crippen molar-refractivity contribution in [2.75, 3.05) is 6.54 Å². The van der Waals surface area contributed by atoms with Crippen LogP contribution in [0.15, 0.2) is 77.4 Å². The molecular weight excluding hydrogens is 444 g/mol. The number of carbonyl (C=O) groups excluding carboxylic acids is 2. The van der Waals surface area contributed by atoms with Gasteiger partial charge in [0.25, 0.3) is 11.8 Å². The van der Waals surface area contributed by atoms with E-state index in [4.69, 9.17) is 4.52 Å². The van der Waals surface area contributed by atoms with Gasteiger partial charge in [-0.3, -0.25) is 14.5 Å². The molecule has 0 atom stereocenters. The van der Waals surface area contributed by atoms with E-state index < -0.39 is 0 Å². The fraction of sp³-hybridized carbons (Fsp3) is 0.154. The second-order valence-electron chi connectivity index (χ2n) is 8.37. The summed E-state index contributed by atoms with van der Waals surface area (Å²) in [4.78, 5) is 31.7. The molecule has 5 aromatic rings. The Morgan fingerprint density at radius 2 is 1.60 bits per heavy atom. The summed E-state index contributed by atoms with van der Waals surface area (Å²) in [6.45, 7) is 0.848. The number of benzene rings is 3.